The van der Waals surface area contributed by atoms with E-state index in [1.807, 2.05) is 17.7 Å². The highest BCUT2D eigenvalue weighted by Gasteiger charge is 2.33. The Kier molecular flexibility index (Phi) is 2.64. The van der Waals surface area contributed by atoms with Crippen molar-refractivity contribution in [2.24, 2.45) is 13.0 Å². The number of aryl methyl sites for hydroxylation is 1. The number of rotatable bonds is 1. The number of hydrogen-bond acceptors (Lipinski definition) is 2. The molecular formula is C14H12ClNO3. The van der Waals surface area contributed by atoms with E-state index in [0.29, 0.717) is 17.0 Å². The van der Waals surface area contributed by atoms with E-state index in [1.165, 1.54) is 0 Å². The molecule has 0 saturated carbocycles. The number of halogens is 1. The van der Waals surface area contributed by atoms with Crippen molar-refractivity contribution in [1.82, 2.24) is 4.57 Å². The highest BCUT2D eigenvalue weighted by Crippen LogP contribution is 2.34. The number of carbonyl (C=O) groups excluding carboxylic acids is 1. The zero-order valence-electron chi connectivity index (χ0n) is 10.3. The maximum atomic E-state index is 12.2. The molecule has 1 aliphatic rings. The lowest BCUT2D eigenvalue weighted by Crippen LogP contribution is -2.27. The number of carboxylic acid groups (broad SMARTS) is 1. The van der Waals surface area contributed by atoms with E-state index < -0.39 is 11.9 Å². The van der Waals surface area contributed by atoms with E-state index >= 15 is 0 Å². The van der Waals surface area contributed by atoms with Gasteiger partial charge in [-0.2, -0.15) is 0 Å². The summed E-state index contributed by atoms with van der Waals surface area (Å²) >= 11 is 5.98. The molecule has 1 atom stereocenters. The summed E-state index contributed by atoms with van der Waals surface area (Å²) in [5.74, 6) is -1.65. The van der Waals surface area contributed by atoms with Crippen LogP contribution in [0.1, 0.15) is 22.5 Å². The molecule has 19 heavy (non-hydrogen) atoms. The zero-order chi connectivity index (χ0) is 13.7. The van der Waals surface area contributed by atoms with Crippen molar-refractivity contribution in [3.8, 4) is 0 Å². The molecule has 4 nitrogen and oxygen atoms in total. The zero-order valence-corrected chi connectivity index (χ0v) is 11.1. The number of ketones is 1. The molecular weight excluding hydrogens is 266 g/mol. The van der Waals surface area contributed by atoms with Crippen LogP contribution in [0.4, 0.5) is 0 Å². The summed E-state index contributed by atoms with van der Waals surface area (Å²) in [6.07, 6.45) is 0.452. The largest absolute Gasteiger partial charge is 0.481 e. The predicted molar refractivity (Wildman–Crippen MR) is 71.7 cm³/mol. The average molecular weight is 278 g/mol. The summed E-state index contributed by atoms with van der Waals surface area (Å²) in [6.45, 7) is 0. The lowest BCUT2D eigenvalue weighted by Gasteiger charge is -2.19. The van der Waals surface area contributed by atoms with Crippen molar-refractivity contribution in [1.29, 1.82) is 0 Å². The van der Waals surface area contributed by atoms with Crippen LogP contribution in [0.2, 0.25) is 5.02 Å². The number of nitrogens with zero attached hydrogens (tertiary/aromatic N) is 1. The molecule has 98 valence electrons. The SMILES string of the molecule is Cn1c2c(c3cc(Cl)ccc31)C(=O)CC(C(=O)O)C2. The van der Waals surface area contributed by atoms with Crippen molar-refractivity contribution in [3.05, 3.63) is 34.5 Å². The molecule has 0 saturated heterocycles. The van der Waals surface area contributed by atoms with Gasteiger partial charge in [-0.05, 0) is 18.2 Å². The van der Waals surface area contributed by atoms with Gasteiger partial charge in [0.1, 0.15) is 0 Å². The highest BCUT2D eigenvalue weighted by molar-refractivity contribution is 6.31. The fourth-order valence-corrected chi connectivity index (χ4v) is 3.00. The van der Waals surface area contributed by atoms with E-state index in [4.69, 9.17) is 16.7 Å². The van der Waals surface area contributed by atoms with Gasteiger partial charge in [-0.15, -0.1) is 0 Å². The normalized spacial score (nSPS) is 18.6. The van der Waals surface area contributed by atoms with Gasteiger partial charge in [0.25, 0.3) is 0 Å². The summed E-state index contributed by atoms with van der Waals surface area (Å²) in [6, 6.07) is 5.41. The lowest BCUT2D eigenvalue weighted by atomic mass is 9.86. The molecule has 0 radical (unpaired) electrons. The molecule has 5 heteroatoms. The van der Waals surface area contributed by atoms with Crippen LogP contribution < -0.4 is 0 Å². The maximum absolute atomic E-state index is 12.2. The smallest absolute Gasteiger partial charge is 0.307 e. The molecule has 1 aromatic heterocycles. The molecule has 0 fully saturated rings. The minimum atomic E-state index is -0.915. The monoisotopic (exact) mass is 277 g/mol. The van der Waals surface area contributed by atoms with Crippen LogP contribution in [-0.2, 0) is 18.3 Å². The first kappa shape index (κ1) is 12.2. The summed E-state index contributed by atoms with van der Waals surface area (Å²) in [4.78, 5) is 23.3. The Morgan fingerprint density at radius 3 is 2.84 bits per heavy atom. The topological polar surface area (TPSA) is 59.3 Å². The molecule has 1 N–H and O–H groups in total. The van der Waals surface area contributed by atoms with E-state index in [9.17, 15) is 9.59 Å². The Labute approximate surface area is 114 Å². The van der Waals surface area contributed by atoms with E-state index in [-0.39, 0.29) is 12.2 Å². The molecule has 0 amide bonds. The number of Topliss-reactive ketones (excluding diaryl/α,β-unsaturated/α-hetero) is 1. The first-order chi connectivity index (χ1) is 8.99. The number of carbonyl (C=O) groups is 2. The third-order valence-corrected chi connectivity index (χ3v) is 4.02. The number of aromatic nitrogens is 1. The lowest BCUT2D eigenvalue weighted by molar-refractivity contribution is -0.141. The molecule has 0 bridgehead atoms. The minimum Gasteiger partial charge on any atom is -0.481 e. The van der Waals surface area contributed by atoms with Crippen molar-refractivity contribution >= 4 is 34.3 Å². The van der Waals surface area contributed by atoms with Gasteiger partial charge in [0.15, 0.2) is 5.78 Å². The Morgan fingerprint density at radius 2 is 2.16 bits per heavy atom. The van der Waals surface area contributed by atoms with Gasteiger partial charge in [0.05, 0.1) is 5.92 Å². The predicted octanol–water partition coefficient (Wildman–Crippen LogP) is 2.66. The minimum absolute atomic E-state index is 0.0635. The van der Waals surface area contributed by atoms with E-state index in [0.717, 1.165) is 16.6 Å². The van der Waals surface area contributed by atoms with Gasteiger partial charge >= 0.3 is 5.97 Å². The van der Waals surface area contributed by atoms with Crippen LogP contribution in [-0.4, -0.2) is 21.4 Å². The van der Waals surface area contributed by atoms with Crippen LogP contribution in [0, 0.1) is 5.92 Å². The van der Waals surface area contributed by atoms with Crippen molar-refractivity contribution in [3.63, 3.8) is 0 Å². The third kappa shape index (κ3) is 1.75. The van der Waals surface area contributed by atoms with Crippen molar-refractivity contribution < 1.29 is 14.7 Å². The second-order valence-corrected chi connectivity index (χ2v) is 5.35. The van der Waals surface area contributed by atoms with Gasteiger partial charge in [-0.1, -0.05) is 11.6 Å². The molecule has 0 aliphatic heterocycles. The Hall–Kier alpha value is -1.81. The number of carboxylic acids is 1. The van der Waals surface area contributed by atoms with Gasteiger partial charge in [0.2, 0.25) is 0 Å². The number of benzene rings is 1. The molecule has 1 heterocycles. The summed E-state index contributed by atoms with van der Waals surface area (Å²) in [5.41, 5.74) is 2.34. The first-order valence-electron chi connectivity index (χ1n) is 6.02. The fraction of sp³-hybridized carbons (Fsp3) is 0.286. The van der Waals surface area contributed by atoms with Gasteiger partial charge in [-0.25, -0.2) is 0 Å². The van der Waals surface area contributed by atoms with Gasteiger partial charge in [0, 0.05) is 47.1 Å². The maximum Gasteiger partial charge on any atom is 0.307 e. The Bertz CT molecular complexity index is 717. The number of aliphatic carboxylic acids is 1. The quantitative estimate of drug-likeness (QED) is 0.872. The van der Waals surface area contributed by atoms with Crippen molar-refractivity contribution in [2.45, 2.75) is 12.8 Å². The average Bonchev–Trinajstić information content (AvgIpc) is 2.63. The third-order valence-electron chi connectivity index (χ3n) is 3.78. The Balaban J connectivity index is 2.28. The van der Waals surface area contributed by atoms with E-state index in [1.54, 1.807) is 12.1 Å². The number of hydrogen-bond donors (Lipinski definition) is 1. The van der Waals surface area contributed by atoms with Crippen LogP contribution in [0.15, 0.2) is 18.2 Å². The summed E-state index contributed by atoms with van der Waals surface area (Å²) in [7, 11) is 1.85. The van der Waals surface area contributed by atoms with Crippen LogP contribution >= 0.6 is 11.6 Å². The second kappa shape index (κ2) is 4.10. The van der Waals surface area contributed by atoms with Gasteiger partial charge in [-0.3, -0.25) is 9.59 Å². The van der Waals surface area contributed by atoms with Crippen LogP contribution in [0.3, 0.4) is 0 Å². The first-order valence-corrected chi connectivity index (χ1v) is 6.39. The highest BCUT2D eigenvalue weighted by atomic mass is 35.5. The Morgan fingerprint density at radius 1 is 1.42 bits per heavy atom. The molecule has 0 spiro atoms. The van der Waals surface area contributed by atoms with Crippen molar-refractivity contribution in [2.75, 3.05) is 0 Å². The molecule has 1 aromatic carbocycles. The van der Waals surface area contributed by atoms with Gasteiger partial charge < -0.3 is 9.67 Å². The second-order valence-electron chi connectivity index (χ2n) is 4.91. The molecule has 3 rings (SSSR count). The van der Waals surface area contributed by atoms with Crippen LogP contribution in [0.25, 0.3) is 10.9 Å². The molecule has 2 aromatic rings. The summed E-state index contributed by atoms with van der Waals surface area (Å²) in [5, 5.41) is 10.5. The molecule has 1 unspecified atom stereocenters. The van der Waals surface area contributed by atoms with Crippen LogP contribution in [0.5, 0.6) is 0 Å². The fourth-order valence-electron chi connectivity index (χ4n) is 2.83. The van der Waals surface area contributed by atoms with E-state index in [2.05, 4.69) is 0 Å². The molecule has 1 aliphatic carbocycles. The standard InChI is InChI=1S/C14H12ClNO3/c1-16-10-3-2-8(15)6-9(10)13-11(16)4-7(14(18)19)5-12(13)17/h2-3,6-7H,4-5H2,1H3,(H,18,19). The summed E-state index contributed by atoms with van der Waals surface area (Å²) < 4.78 is 1.90. The number of fused-ring (bicyclic) bond motifs is 3.